The zero-order valence-electron chi connectivity index (χ0n) is 15.4. The van der Waals surface area contributed by atoms with Crippen LogP contribution in [-0.2, 0) is 19.9 Å². The summed E-state index contributed by atoms with van der Waals surface area (Å²) in [5.74, 6) is -1.82. The van der Waals surface area contributed by atoms with Crippen LogP contribution in [0, 0.1) is 6.92 Å². The van der Waals surface area contributed by atoms with E-state index in [2.05, 4.69) is 10.7 Å². The van der Waals surface area contributed by atoms with Gasteiger partial charge in [-0.15, -0.1) is 0 Å². The number of rotatable bonds is 6. The van der Waals surface area contributed by atoms with Gasteiger partial charge in [0.05, 0.1) is 6.26 Å². The summed E-state index contributed by atoms with van der Waals surface area (Å²) < 4.78 is 9.89. The lowest BCUT2D eigenvalue weighted by Gasteiger charge is -2.25. The van der Waals surface area contributed by atoms with E-state index in [9.17, 15) is 19.2 Å². The van der Waals surface area contributed by atoms with Crippen LogP contribution in [0.2, 0.25) is 0 Å². The van der Waals surface area contributed by atoms with Crippen LogP contribution in [0.1, 0.15) is 35.0 Å². The van der Waals surface area contributed by atoms with Gasteiger partial charge < -0.3 is 14.5 Å². The Hall–Kier alpha value is -3.62. The fourth-order valence-corrected chi connectivity index (χ4v) is 3.00. The number of imide groups is 1. The quantitative estimate of drug-likeness (QED) is 0.576. The fourth-order valence-electron chi connectivity index (χ4n) is 3.00. The first-order valence-electron chi connectivity index (χ1n) is 8.62. The van der Waals surface area contributed by atoms with Crippen molar-refractivity contribution >= 4 is 23.8 Å². The van der Waals surface area contributed by atoms with E-state index in [1.807, 2.05) is 0 Å². The lowest BCUT2D eigenvalue weighted by atomic mass is 9.87. The number of nitrogens with one attached hydrogen (secondary N) is 2. The highest BCUT2D eigenvalue weighted by atomic mass is 16.5. The Morgan fingerprint density at radius 3 is 2.54 bits per heavy atom. The average molecular weight is 385 g/mol. The van der Waals surface area contributed by atoms with Gasteiger partial charge in [-0.1, -0.05) is 37.3 Å². The number of hydrogen-bond donors (Lipinski definition) is 2. The number of carbonyl (C=O) groups is 4. The summed E-state index contributed by atoms with van der Waals surface area (Å²) in [4.78, 5) is 49.2. The van der Waals surface area contributed by atoms with Crippen molar-refractivity contribution < 1.29 is 28.3 Å². The topological polar surface area (TPSA) is 118 Å². The molecule has 0 saturated carbocycles. The Bertz CT molecular complexity index is 923. The van der Waals surface area contributed by atoms with Crippen molar-refractivity contribution in [2.45, 2.75) is 25.8 Å². The molecule has 4 amide bonds. The molecule has 1 aliphatic rings. The van der Waals surface area contributed by atoms with Crippen molar-refractivity contribution in [2.75, 3.05) is 6.61 Å². The molecule has 3 rings (SSSR count). The van der Waals surface area contributed by atoms with E-state index in [4.69, 9.17) is 9.15 Å². The first-order valence-corrected chi connectivity index (χ1v) is 8.62. The van der Waals surface area contributed by atoms with E-state index in [1.54, 1.807) is 44.2 Å². The van der Waals surface area contributed by atoms with Crippen molar-refractivity contribution in [3.63, 3.8) is 0 Å². The van der Waals surface area contributed by atoms with Crippen LogP contribution in [0.3, 0.4) is 0 Å². The highest BCUT2D eigenvalue weighted by Gasteiger charge is 2.52. The second-order valence-corrected chi connectivity index (χ2v) is 6.20. The monoisotopic (exact) mass is 385 g/mol. The molecule has 1 aromatic carbocycles. The smallest absolute Gasteiger partial charge is 0.344 e. The molecule has 0 unspecified atom stereocenters. The summed E-state index contributed by atoms with van der Waals surface area (Å²) in [6.45, 7) is 2.67. The van der Waals surface area contributed by atoms with Crippen molar-refractivity contribution in [2.24, 2.45) is 0 Å². The van der Waals surface area contributed by atoms with Gasteiger partial charge in [0.15, 0.2) is 6.61 Å². The number of esters is 1. The zero-order chi connectivity index (χ0) is 20.3. The number of hydrazine groups is 1. The summed E-state index contributed by atoms with van der Waals surface area (Å²) >= 11 is 0. The van der Waals surface area contributed by atoms with Crippen LogP contribution >= 0.6 is 0 Å². The van der Waals surface area contributed by atoms with E-state index >= 15 is 0 Å². The van der Waals surface area contributed by atoms with Crippen molar-refractivity contribution in [3.05, 3.63) is 59.5 Å². The van der Waals surface area contributed by atoms with Gasteiger partial charge in [-0.25, -0.2) is 9.59 Å². The van der Waals surface area contributed by atoms with Crippen LogP contribution in [0.15, 0.2) is 47.1 Å². The van der Waals surface area contributed by atoms with Gasteiger partial charge in [0.2, 0.25) is 0 Å². The van der Waals surface area contributed by atoms with Crippen LogP contribution in [-0.4, -0.2) is 35.4 Å². The fraction of sp³-hybridized carbons (Fsp3) is 0.263. The number of nitrogens with zero attached hydrogens (tertiary/aromatic N) is 1. The molecule has 0 spiro atoms. The number of ether oxygens (including phenoxy) is 1. The largest absolute Gasteiger partial charge is 0.469 e. The lowest BCUT2D eigenvalue weighted by Crippen LogP contribution is -2.49. The summed E-state index contributed by atoms with van der Waals surface area (Å²) in [5.41, 5.74) is 1.71. The number of urea groups is 1. The van der Waals surface area contributed by atoms with Crippen molar-refractivity contribution in [1.29, 1.82) is 0 Å². The molecule has 28 heavy (non-hydrogen) atoms. The highest BCUT2D eigenvalue weighted by molar-refractivity contribution is 6.08. The number of hydrogen-bond acceptors (Lipinski definition) is 6. The first kappa shape index (κ1) is 19.2. The van der Waals surface area contributed by atoms with E-state index in [-0.39, 0.29) is 5.56 Å². The molecule has 0 aliphatic carbocycles. The Morgan fingerprint density at radius 1 is 1.21 bits per heavy atom. The molecule has 0 bridgehead atoms. The molecule has 0 radical (unpaired) electrons. The maximum absolute atomic E-state index is 12.9. The van der Waals surface area contributed by atoms with Crippen LogP contribution in [0.5, 0.6) is 0 Å². The number of aryl methyl sites for hydroxylation is 1. The predicted octanol–water partition coefficient (Wildman–Crippen LogP) is 1.63. The first-order chi connectivity index (χ1) is 13.4. The van der Waals surface area contributed by atoms with Crippen molar-refractivity contribution in [3.8, 4) is 0 Å². The number of furan rings is 1. The highest BCUT2D eigenvalue weighted by Crippen LogP contribution is 2.31. The molecular weight excluding hydrogens is 366 g/mol. The third-order valence-corrected chi connectivity index (χ3v) is 4.54. The number of carbonyl (C=O) groups excluding carboxylic acids is 4. The molecule has 2 aromatic rings. The minimum atomic E-state index is -1.27. The minimum Gasteiger partial charge on any atom is -0.469 e. The zero-order valence-corrected chi connectivity index (χ0v) is 15.4. The minimum absolute atomic E-state index is 0.192. The lowest BCUT2D eigenvalue weighted by molar-refractivity contribution is -0.140. The van der Waals surface area contributed by atoms with E-state index in [0.29, 0.717) is 22.8 Å². The van der Waals surface area contributed by atoms with E-state index in [0.717, 1.165) is 0 Å². The van der Waals surface area contributed by atoms with Crippen LogP contribution in [0.4, 0.5) is 4.79 Å². The molecule has 1 aromatic heterocycles. The third kappa shape index (κ3) is 3.34. The predicted molar refractivity (Wildman–Crippen MR) is 95.7 cm³/mol. The summed E-state index contributed by atoms with van der Waals surface area (Å²) in [7, 11) is 0. The van der Waals surface area contributed by atoms with Gasteiger partial charge in [0.25, 0.3) is 11.8 Å². The van der Waals surface area contributed by atoms with Gasteiger partial charge in [0, 0.05) is 0 Å². The molecular formula is C19H19N3O6. The van der Waals surface area contributed by atoms with E-state index < -0.39 is 36.0 Å². The Labute approximate surface area is 160 Å². The van der Waals surface area contributed by atoms with Crippen LogP contribution < -0.4 is 10.7 Å². The van der Waals surface area contributed by atoms with Gasteiger partial charge in [0.1, 0.15) is 16.9 Å². The maximum atomic E-state index is 12.9. The average Bonchev–Trinajstić information content (AvgIpc) is 3.23. The normalized spacial score (nSPS) is 18.7. The van der Waals surface area contributed by atoms with Gasteiger partial charge in [-0.3, -0.25) is 15.0 Å². The molecule has 1 fully saturated rings. The number of benzene rings is 1. The Morgan fingerprint density at radius 2 is 1.93 bits per heavy atom. The molecule has 1 atom stereocenters. The number of amides is 4. The Kier molecular flexibility index (Phi) is 5.16. The van der Waals surface area contributed by atoms with Gasteiger partial charge >= 0.3 is 12.0 Å². The third-order valence-electron chi connectivity index (χ3n) is 4.54. The second kappa shape index (κ2) is 7.55. The SMILES string of the molecule is CC[C@]1(c2ccccc2)NC(=O)N(NC(=O)COC(=O)c2ccoc2C)C1=O. The van der Waals surface area contributed by atoms with E-state index in [1.165, 1.54) is 12.3 Å². The summed E-state index contributed by atoms with van der Waals surface area (Å²) in [5, 5.41) is 3.24. The molecule has 2 N–H and O–H groups in total. The van der Waals surface area contributed by atoms with Gasteiger partial charge in [-0.05, 0) is 25.0 Å². The molecule has 1 saturated heterocycles. The summed E-state index contributed by atoms with van der Waals surface area (Å²) in [6, 6.07) is 9.41. The van der Waals surface area contributed by atoms with Gasteiger partial charge in [-0.2, -0.15) is 5.01 Å². The molecule has 9 nitrogen and oxygen atoms in total. The van der Waals surface area contributed by atoms with Crippen LogP contribution in [0.25, 0.3) is 0 Å². The molecule has 9 heteroatoms. The molecule has 2 heterocycles. The standard InChI is InChI=1S/C19H19N3O6/c1-3-19(13-7-5-4-6-8-13)17(25)22(18(26)20-19)21-15(23)11-28-16(24)14-9-10-27-12(14)2/h4-10H,3,11H2,1-2H3,(H,20,26)(H,21,23)/t19-/m1/s1. The molecule has 1 aliphatic heterocycles. The maximum Gasteiger partial charge on any atom is 0.344 e. The summed E-state index contributed by atoms with van der Waals surface area (Å²) in [6.07, 6.45) is 1.62. The Balaban J connectivity index is 1.66. The second-order valence-electron chi connectivity index (χ2n) is 6.20. The van der Waals surface area contributed by atoms with Crippen molar-refractivity contribution in [1.82, 2.24) is 15.8 Å². The molecule has 146 valence electrons.